The van der Waals surface area contributed by atoms with Gasteiger partial charge in [0.15, 0.2) is 0 Å². The third-order valence-electron chi connectivity index (χ3n) is 5.00. The molecule has 1 saturated heterocycles. The van der Waals surface area contributed by atoms with Crippen molar-refractivity contribution in [1.82, 2.24) is 20.2 Å². The summed E-state index contributed by atoms with van der Waals surface area (Å²) in [5, 5.41) is 3.56. The number of aromatic nitrogens is 2. The van der Waals surface area contributed by atoms with E-state index in [0.29, 0.717) is 0 Å². The smallest absolute Gasteiger partial charge is 0.138 e. The first-order valence-electron chi connectivity index (χ1n) is 9.36. The molecule has 0 spiro atoms. The van der Waals surface area contributed by atoms with Crippen molar-refractivity contribution in [2.75, 3.05) is 26.2 Å². The quantitative estimate of drug-likeness (QED) is 0.674. The van der Waals surface area contributed by atoms with Gasteiger partial charge >= 0.3 is 0 Å². The molecule has 3 aromatic rings. The van der Waals surface area contributed by atoms with E-state index in [-0.39, 0.29) is 0 Å². The number of hydrogen-bond donors (Lipinski definition) is 2. The average Bonchev–Trinajstić information content (AvgIpc) is 3.11. The normalized spacial score (nSPS) is 15.7. The summed E-state index contributed by atoms with van der Waals surface area (Å²) in [4.78, 5) is 10.6. The highest BCUT2D eigenvalue weighted by Gasteiger charge is 2.09. The summed E-state index contributed by atoms with van der Waals surface area (Å²) in [6, 6.07) is 16.8. The standard InChI is InChI=1S/C21H26N4/c1-4-13-25(14-5-1)15-12-22-16-17-8-10-18(11-9-17)21-23-19-6-2-3-7-20(19)24-21/h2-3,6-11,22H,1,4-5,12-16H2,(H,23,24). The fraction of sp³-hybridized carbons (Fsp3) is 0.381. The van der Waals surface area contributed by atoms with Gasteiger partial charge in [0.2, 0.25) is 0 Å². The molecular formula is C21H26N4. The Balaban J connectivity index is 1.30. The minimum atomic E-state index is 0.925. The predicted molar refractivity (Wildman–Crippen MR) is 104 cm³/mol. The van der Waals surface area contributed by atoms with Crippen molar-refractivity contribution >= 4 is 11.0 Å². The molecule has 1 aliphatic rings. The molecule has 4 heteroatoms. The lowest BCUT2D eigenvalue weighted by molar-refractivity contribution is 0.229. The number of likely N-dealkylation sites (tertiary alicyclic amines) is 1. The SMILES string of the molecule is c1ccc2[nH]c(-c3ccc(CNCCN4CCCCC4)cc3)nc2c1. The lowest BCUT2D eigenvalue weighted by Crippen LogP contribution is -2.35. The van der Waals surface area contributed by atoms with E-state index < -0.39 is 0 Å². The summed E-state index contributed by atoms with van der Waals surface area (Å²) in [7, 11) is 0. The highest BCUT2D eigenvalue weighted by Crippen LogP contribution is 2.20. The Morgan fingerprint density at radius 1 is 0.960 bits per heavy atom. The van der Waals surface area contributed by atoms with E-state index in [4.69, 9.17) is 0 Å². The molecule has 4 rings (SSSR count). The maximum atomic E-state index is 4.66. The van der Waals surface area contributed by atoms with Crippen LogP contribution in [0.5, 0.6) is 0 Å². The van der Waals surface area contributed by atoms with E-state index in [1.165, 1.54) is 37.9 Å². The summed E-state index contributed by atoms with van der Waals surface area (Å²) >= 11 is 0. The van der Waals surface area contributed by atoms with Crippen molar-refractivity contribution < 1.29 is 0 Å². The van der Waals surface area contributed by atoms with Gasteiger partial charge in [-0.3, -0.25) is 0 Å². The molecule has 2 N–H and O–H groups in total. The van der Waals surface area contributed by atoms with E-state index in [1.807, 2.05) is 18.2 Å². The van der Waals surface area contributed by atoms with Crippen molar-refractivity contribution in [2.24, 2.45) is 0 Å². The zero-order valence-electron chi connectivity index (χ0n) is 14.7. The van der Waals surface area contributed by atoms with Gasteiger partial charge in [-0.15, -0.1) is 0 Å². The van der Waals surface area contributed by atoms with Crippen LogP contribution in [0.3, 0.4) is 0 Å². The van der Waals surface area contributed by atoms with Crippen LogP contribution in [0.25, 0.3) is 22.4 Å². The van der Waals surface area contributed by atoms with Gasteiger partial charge < -0.3 is 15.2 Å². The maximum Gasteiger partial charge on any atom is 0.138 e. The second-order valence-electron chi connectivity index (χ2n) is 6.88. The highest BCUT2D eigenvalue weighted by molar-refractivity contribution is 5.79. The van der Waals surface area contributed by atoms with E-state index in [0.717, 1.165) is 42.1 Å². The zero-order valence-corrected chi connectivity index (χ0v) is 14.7. The molecule has 1 fully saturated rings. The van der Waals surface area contributed by atoms with Crippen LogP contribution in [-0.4, -0.2) is 41.0 Å². The van der Waals surface area contributed by atoms with Gasteiger partial charge in [0, 0.05) is 25.2 Å². The minimum absolute atomic E-state index is 0.925. The Morgan fingerprint density at radius 3 is 2.56 bits per heavy atom. The summed E-state index contributed by atoms with van der Waals surface area (Å²) in [6.07, 6.45) is 4.13. The number of hydrogen-bond acceptors (Lipinski definition) is 3. The van der Waals surface area contributed by atoms with Crippen molar-refractivity contribution in [2.45, 2.75) is 25.8 Å². The van der Waals surface area contributed by atoms with Gasteiger partial charge in [-0.25, -0.2) is 4.98 Å². The van der Waals surface area contributed by atoms with Crippen LogP contribution in [0, 0.1) is 0 Å². The van der Waals surface area contributed by atoms with E-state index in [9.17, 15) is 0 Å². The van der Waals surface area contributed by atoms with Crippen LogP contribution in [0.2, 0.25) is 0 Å². The molecule has 4 nitrogen and oxygen atoms in total. The zero-order chi connectivity index (χ0) is 16.9. The first-order valence-corrected chi connectivity index (χ1v) is 9.36. The third kappa shape index (κ3) is 4.09. The molecule has 0 bridgehead atoms. The summed E-state index contributed by atoms with van der Waals surface area (Å²) in [5.74, 6) is 0.936. The second-order valence-corrected chi connectivity index (χ2v) is 6.88. The first-order chi connectivity index (χ1) is 12.4. The van der Waals surface area contributed by atoms with Crippen molar-refractivity contribution in [3.05, 3.63) is 54.1 Å². The van der Waals surface area contributed by atoms with E-state index in [2.05, 4.69) is 50.5 Å². The Kier molecular flexibility index (Phi) is 5.09. The molecule has 0 saturated carbocycles. The fourth-order valence-corrected chi connectivity index (χ4v) is 3.52. The Bertz CT molecular complexity index is 767. The Morgan fingerprint density at radius 2 is 1.76 bits per heavy atom. The third-order valence-corrected chi connectivity index (χ3v) is 5.00. The molecule has 0 unspecified atom stereocenters. The maximum absolute atomic E-state index is 4.66. The molecule has 130 valence electrons. The topological polar surface area (TPSA) is 44.0 Å². The number of nitrogens with one attached hydrogen (secondary N) is 2. The van der Waals surface area contributed by atoms with Gasteiger partial charge in [0.25, 0.3) is 0 Å². The number of para-hydroxylation sites is 2. The first kappa shape index (κ1) is 16.3. The lowest BCUT2D eigenvalue weighted by atomic mass is 10.1. The van der Waals surface area contributed by atoms with Crippen LogP contribution in [0.15, 0.2) is 48.5 Å². The molecule has 0 atom stereocenters. The molecule has 0 aliphatic carbocycles. The van der Waals surface area contributed by atoms with Gasteiger partial charge in [-0.05, 0) is 43.6 Å². The van der Waals surface area contributed by atoms with Gasteiger partial charge in [-0.1, -0.05) is 42.8 Å². The number of H-pyrrole nitrogens is 1. The van der Waals surface area contributed by atoms with Gasteiger partial charge in [-0.2, -0.15) is 0 Å². The largest absolute Gasteiger partial charge is 0.338 e. The van der Waals surface area contributed by atoms with Crippen LogP contribution < -0.4 is 5.32 Å². The molecular weight excluding hydrogens is 308 g/mol. The molecule has 1 aromatic heterocycles. The monoisotopic (exact) mass is 334 g/mol. The van der Waals surface area contributed by atoms with Crippen molar-refractivity contribution in [1.29, 1.82) is 0 Å². The number of nitrogens with zero attached hydrogens (tertiary/aromatic N) is 2. The average molecular weight is 334 g/mol. The molecule has 2 heterocycles. The number of fused-ring (bicyclic) bond motifs is 1. The van der Waals surface area contributed by atoms with E-state index in [1.54, 1.807) is 0 Å². The number of rotatable bonds is 6. The summed E-state index contributed by atoms with van der Waals surface area (Å²) < 4.78 is 0. The van der Waals surface area contributed by atoms with Crippen LogP contribution >= 0.6 is 0 Å². The second kappa shape index (κ2) is 7.81. The molecule has 0 radical (unpaired) electrons. The van der Waals surface area contributed by atoms with Crippen molar-refractivity contribution in [3.8, 4) is 11.4 Å². The number of imidazole rings is 1. The lowest BCUT2D eigenvalue weighted by Gasteiger charge is -2.26. The fourth-order valence-electron chi connectivity index (χ4n) is 3.52. The molecule has 25 heavy (non-hydrogen) atoms. The Hall–Kier alpha value is -2.17. The minimum Gasteiger partial charge on any atom is -0.338 e. The van der Waals surface area contributed by atoms with Crippen LogP contribution in [-0.2, 0) is 6.54 Å². The van der Waals surface area contributed by atoms with Gasteiger partial charge in [0.05, 0.1) is 11.0 Å². The number of piperidine rings is 1. The molecule has 1 aliphatic heterocycles. The van der Waals surface area contributed by atoms with Crippen LogP contribution in [0.1, 0.15) is 24.8 Å². The number of aromatic amines is 1. The van der Waals surface area contributed by atoms with Gasteiger partial charge in [0.1, 0.15) is 5.82 Å². The Labute approximate surface area is 149 Å². The molecule has 0 amide bonds. The summed E-state index contributed by atoms with van der Waals surface area (Å²) in [6.45, 7) is 5.69. The van der Waals surface area contributed by atoms with E-state index >= 15 is 0 Å². The molecule has 2 aromatic carbocycles. The number of benzene rings is 2. The summed E-state index contributed by atoms with van der Waals surface area (Å²) in [5.41, 5.74) is 4.55. The van der Waals surface area contributed by atoms with Crippen LogP contribution in [0.4, 0.5) is 0 Å². The predicted octanol–water partition coefficient (Wildman–Crippen LogP) is 3.81. The van der Waals surface area contributed by atoms with Crippen molar-refractivity contribution in [3.63, 3.8) is 0 Å². The highest BCUT2D eigenvalue weighted by atomic mass is 15.1.